The Hall–Kier alpha value is -0.480. The van der Waals surface area contributed by atoms with Crippen molar-refractivity contribution in [2.45, 2.75) is 57.7 Å². The fourth-order valence-electron chi connectivity index (χ4n) is 1.85. The van der Waals surface area contributed by atoms with E-state index in [2.05, 4.69) is 10.6 Å². The van der Waals surface area contributed by atoms with E-state index < -0.39 is 5.60 Å². The molecule has 5 heteroatoms. The summed E-state index contributed by atoms with van der Waals surface area (Å²) >= 11 is 0. The second-order valence-electron chi connectivity index (χ2n) is 5.14. The maximum Gasteiger partial charge on any atom is 0.407 e. The number of amides is 1. The van der Waals surface area contributed by atoms with Gasteiger partial charge in [0.05, 0.1) is 0 Å². The minimum absolute atomic E-state index is 0. The maximum atomic E-state index is 11.5. The standard InChI is InChI=1S/C11H22N2O2.ClH/c1-11(2,3)15-10(14)13-9-6-5-8(7-9)12-4;/h8-9,12H,5-7H2,1-4H3,(H,13,14);1H. The SMILES string of the molecule is CNC1CCC(NC(=O)OC(C)(C)C)C1.Cl. The van der Waals surface area contributed by atoms with Gasteiger partial charge in [0.1, 0.15) is 5.60 Å². The van der Waals surface area contributed by atoms with Gasteiger partial charge in [-0.1, -0.05) is 0 Å². The number of hydrogen-bond donors (Lipinski definition) is 2. The summed E-state index contributed by atoms with van der Waals surface area (Å²) in [6, 6.07) is 0.794. The Morgan fingerprint density at radius 3 is 2.25 bits per heavy atom. The molecule has 1 saturated carbocycles. The van der Waals surface area contributed by atoms with Gasteiger partial charge in [-0.2, -0.15) is 0 Å². The first-order chi connectivity index (χ1) is 6.90. The average molecular weight is 251 g/mol. The largest absolute Gasteiger partial charge is 0.444 e. The molecule has 0 heterocycles. The molecule has 0 aromatic carbocycles. The first kappa shape index (κ1) is 15.5. The Kier molecular flexibility index (Phi) is 6.11. The Labute approximate surface area is 104 Å². The van der Waals surface area contributed by atoms with Crippen molar-refractivity contribution in [3.63, 3.8) is 0 Å². The molecule has 2 N–H and O–H groups in total. The Morgan fingerprint density at radius 1 is 1.25 bits per heavy atom. The van der Waals surface area contributed by atoms with Crippen molar-refractivity contribution in [2.24, 2.45) is 0 Å². The van der Waals surface area contributed by atoms with Crippen molar-refractivity contribution in [2.75, 3.05) is 7.05 Å². The van der Waals surface area contributed by atoms with Crippen LogP contribution in [-0.2, 0) is 4.74 Å². The minimum Gasteiger partial charge on any atom is -0.444 e. The van der Waals surface area contributed by atoms with Gasteiger partial charge in [0.15, 0.2) is 0 Å². The van der Waals surface area contributed by atoms with E-state index in [1.807, 2.05) is 27.8 Å². The van der Waals surface area contributed by atoms with Crippen molar-refractivity contribution in [1.29, 1.82) is 0 Å². The zero-order valence-electron chi connectivity index (χ0n) is 10.5. The first-order valence-corrected chi connectivity index (χ1v) is 5.57. The lowest BCUT2D eigenvalue weighted by Crippen LogP contribution is -2.38. The number of alkyl carbamates (subject to hydrolysis) is 1. The summed E-state index contributed by atoms with van der Waals surface area (Å²) in [5, 5.41) is 6.12. The molecule has 1 rings (SSSR count). The van der Waals surface area contributed by atoms with Crippen LogP contribution in [0.25, 0.3) is 0 Å². The molecule has 1 aliphatic carbocycles. The van der Waals surface area contributed by atoms with E-state index >= 15 is 0 Å². The molecule has 2 atom stereocenters. The van der Waals surface area contributed by atoms with Gasteiger partial charge in [-0.3, -0.25) is 0 Å². The van der Waals surface area contributed by atoms with Crippen molar-refractivity contribution in [3.8, 4) is 0 Å². The predicted molar refractivity (Wildman–Crippen MR) is 67.1 cm³/mol. The quantitative estimate of drug-likeness (QED) is 0.789. The summed E-state index contributed by atoms with van der Waals surface area (Å²) in [5.41, 5.74) is -0.412. The van der Waals surface area contributed by atoms with E-state index in [-0.39, 0.29) is 24.5 Å². The van der Waals surface area contributed by atoms with Gasteiger partial charge < -0.3 is 15.4 Å². The maximum absolute atomic E-state index is 11.5. The van der Waals surface area contributed by atoms with Gasteiger partial charge in [-0.05, 0) is 47.1 Å². The fraction of sp³-hybridized carbons (Fsp3) is 0.909. The molecule has 0 aliphatic heterocycles. The van der Waals surface area contributed by atoms with Gasteiger partial charge in [-0.15, -0.1) is 12.4 Å². The molecule has 0 spiro atoms. The molecule has 1 aliphatic rings. The topological polar surface area (TPSA) is 50.4 Å². The molecule has 16 heavy (non-hydrogen) atoms. The average Bonchev–Trinajstić information content (AvgIpc) is 2.48. The fourth-order valence-corrected chi connectivity index (χ4v) is 1.85. The highest BCUT2D eigenvalue weighted by Gasteiger charge is 2.26. The highest BCUT2D eigenvalue weighted by atomic mass is 35.5. The normalized spacial score (nSPS) is 24.8. The summed E-state index contributed by atoms with van der Waals surface area (Å²) in [5.74, 6) is 0. The van der Waals surface area contributed by atoms with Crippen molar-refractivity contribution in [3.05, 3.63) is 0 Å². The third kappa shape index (κ3) is 5.56. The third-order valence-corrected chi connectivity index (χ3v) is 2.56. The van der Waals surface area contributed by atoms with Crippen molar-refractivity contribution < 1.29 is 9.53 Å². The lowest BCUT2D eigenvalue weighted by molar-refractivity contribution is 0.0505. The molecule has 0 bridgehead atoms. The summed E-state index contributed by atoms with van der Waals surface area (Å²) < 4.78 is 5.20. The van der Waals surface area contributed by atoms with Gasteiger partial charge in [0.25, 0.3) is 0 Å². The summed E-state index contributed by atoms with van der Waals surface area (Å²) in [7, 11) is 1.96. The molecule has 1 amide bonds. The second kappa shape index (κ2) is 6.30. The van der Waals surface area contributed by atoms with Crippen LogP contribution in [0.2, 0.25) is 0 Å². The molecule has 0 radical (unpaired) electrons. The smallest absolute Gasteiger partial charge is 0.407 e. The molecule has 4 nitrogen and oxygen atoms in total. The molecule has 0 saturated heterocycles. The summed E-state index contributed by atoms with van der Waals surface area (Å²) in [6.07, 6.45) is 2.85. The van der Waals surface area contributed by atoms with E-state index in [1.165, 1.54) is 0 Å². The number of ether oxygens (including phenoxy) is 1. The zero-order valence-corrected chi connectivity index (χ0v) is 11.3. The number of halogens is 1. The molecule has 0 aromatic rings. The van der Waals surface area contributed by atoms with Crippen LogP contribution in [0.15, 0.2) is 0 Å². The van der Waals surface area contributed by atoms with Gasteiger partial charge in [0, 0.05) is 12.1 Å². The zero-order chi connectivity index (χ0) is 11.5. The molecule has 96 valence electrons. The highest BCUT2D eigenvalue weighted by molar-refractivity contribution is 5.85. The Morgan fingerprint density at radius 2 is 1.81 bits per heavy atom. The lowest BCUT2D eigenvalue weighted by Gasteiger charge is -2.21. The summed E-state index contributed by atoms with van der Waals surface area (Å²) in [6.45, 7) is 5.62. The van der Waals surface area contributed by atoms with E-state index in [0.717, 1.165) is 19.3 Å². The Bertz CT molecular complexity index is 229. The van der Waals surface area contributed by atoms with Gasteiger partial charge >= 0.3 is 6.09 Å². The van der Waals surface area contributed by atoms with Crippen LogP contribution >= 0.6 is 12.4 Å². The second-order valence-corrected chi connectivity index (χ2v) is 5.14. The van der Waals surface area contributed by atoms with E-state index in [1.54, 1.807) is 0 Å². The number of nitrogens with one attached hydrogen (secondary N) is 2. The highest BCUT2D eigenvalue weighted by Crippen LogP contribution is 2.19. The van der Waals surface area contributed by atoms with Crippen molar-refractivity contribution >= 4 is 18.5 Å². The van der Waals surface area contributed by atoms with Crippen LogP contribution < -0.4 is 10.6 Å². The van der Waals surface area contributed by atoms with E-state index in [4.69, 9.17) is 4.74 Å². The van der Waals surface area contributed by atoms with Crippen LogP contribution in [0, 0.1) is 0 Å². The Balaban J connectivity index is 0.00000225. The van der Waals surface area contributed by atoms with E-state index in [0.29, 0.717) is 6.04 Å². The molecular formula is C11H23ClN2O2. The molecular weight excluding hydrogens is 228 g/mol. The van der Waals surface area contributed by atoms with Crippen LogP contribution in [0.5, 0.6) is 0 Å². The van der Waals surface area contributed by atoms with Gasteiger partial charge in [0.2, 0.25) is 0 Å². The number of carbonyl (C=O) groups is 1. The third-order valence-electron chi connectivity index (χ3n) is 2.56. The van der Waals surface area contributed by atoms with E-state index in [9.17, 15) is 4.79 Å². The van der Waals surface area contributed by atoms with Crippen LogP contribution in [0.4, 0.5) is 4.79 Å². The van der Waals surface area contributed by atoms with Crippen LogP contribution in [0.3, 0.4) is 0 Å². The predicted octanol–water partition coefficient (Wildman–Crippen LogP) is 2.07. The number of rotatable bonds is 2. The lowest BCUT2D eigenvalue weighted by atomic mass is 10.2. The van der Waals surface area contributed by atoms with Crippen molar-refractivity contribution in [1.82, 2.24) is 10.6 Å². The monoisotopic (exact) mass is 250 g/mol. The first-order valence-electron chi connectivity index (χ1n) is 5.57. The number of hydrogen-bond acceptors (Lipinski definition) is 3. The van der Waals surface area contributed by atoms with Gasteiger partial charge in [-0.25, -0.2) is 4.79 Å². The minimum atomic E-state index is -0.412. The van der Waals surface area contributed by atoms with Crippen LogP contribution in [-0.4, -0.2) is 30.8 Å². The molecule has 0 aromatic heterocycles. The number of carbonyl (C=O) groups excluding carboxylic acids is 1. The summed E-state index contributed by atoms with van der Waals surface area (Å²) in [4.78, 5) is 11.5. The molecule has 1 fully saturated rings. The molecule has 2 unspecified atom stereocenters. The van der Waals surface area contributed by atoms with Crippen LogP contribution in [0.1, 0.15) is 40.0 Å².